The van der Waals surface area contributed by atoms with Gasteiger partial charge in [0.05, 0.1) is 0 Å². The van der Waals surface area contributed by atoms with Gasteiger partial charge in [0.25, 0.3) is 0 Å². The summed E-state index contributed by atoms with van der Waals surface area (Å²) in [6.07, 6.45) is 3.26. The number of esters is 1. The maximum absolute atomic E-state index is 11.7. The van der Waals surface area contributed by atoms with Gasteiger partial charge in [0.15, 0.2) is 0 Å². The number of hydrogen-bond acceptors (Lipinski definition) is 2. The Kier molecular flexibility index (Phi) is 4.29. The van der Waals surface area contributed by atoms with Crippen LogP contribution in [0.1, 0.15) is 26.3 Å². The molecule has 0 heterocycles. The second kappa shape index (κ2) is 5.80. The van der Waals surface area contributed by atoms with Gasteiger partial charge in [-0.1, -0.05) is 40.2 Å². The Morgan fingerprint density at radius 3 is 2.60 bits per heavy atom. The predicted molar refractivity (Wildman–Crippen MR) is 86.5 cm³/mol. The third-order valence-corrected chi connectivity index (χ3v) is 3.12. The van der Waals surface area contributed by atoms with Gasteiger partial charge in [-0.05, 0) is 55.3 Å². The van der Waals surface area contributed by atoms with Gasteiger partial charge in [-0.3, -0.25) is 0 Å². The summed E-state index contributed by atoms with van der Waals surface area (Å²) in [5.41, 5.74) is 0.515. The van der Waals surface area contributed by atoms with Crippen LogP contribution in [-0.2, 0) is 9.53 Å². The second-order valence-electron chi connectivity index (χ2n) is 5.58. The Bertz CT molecular complexity index is 666. The summed E-state index contributed by atoms with van der Waals surface area (Å²) in [5.74, 6) is -0.332. The summed E-state index contributed by atoms with van der Waals surface area (Å²) < 4.78 is 6.25. The minimum atomic E-state index is -0.471. The van der Waals surface area contributed by atoms with Gasteiger partial charge >= 0.3 is 5.97 Å². The highest BCUT2D eigenvalue weighted by Crippen LogP contribution is 2.25. The molecule has 0 saturated heterocycles. The van der Waals surface area contributed by atoms with Crippen LogP contribution in [0.4, 0.5) is 0 Å². The van der Waals surface area contributed by atoms with Gasteiger partial charge in [-0.25, -0.2) is 4.79 Å². The normalized spacial score (nSPS) is 12.0. The molecular formula is C17H17BrO2. The number of halogens is 1. The Morgan fingerprint density at radius 2 is 1.90 bits per heavy atom. The topological polar surface area (TPSA) is 26.3 Å². The van der Waals surface area contributed by atoms with Crippen molar-refractivity contribution in [2.45, 2.75) is 26.4 Å². The van der Waals surface area contributed by atoms with E-state index in [1.807, 2.05) is 51.1 Å². The molecule has 0 N–H and O–H groups in total. The molecule has 2 aromatic carbocycles. The van der Waals surface area contributed by atoms with Crippen LogP contribution in [0.15, 0.2) is 46.9 Å². The molecule has 0 aliphatic carbocycles. The first-order chi connectivity index (χ1) is 9.35. The van der Waals surface area contributed by atoms with Crippen LogP contribution >= 0.6 is 15.9 Å². The summed E-state index contributed by atoms with van der Waals surface area (Å²) in [7, 11) is 0. The largest absolute Gasteiger partial charge is 0.457 e. The van der Waals surface area contributed by atoms with Crippen LogP contribution in [0, 0.1) is 0 Å². The van der Waals surface area contributed by atoms with Crippen molar-refractivity contribution >= 4 is 38.7 Å². The fourth-order valence-electron chi connectivity index (χ4n) is 1.93. The Morgan fingerprint density at radius 1 is 1.20 bits per heavy atom. The lowest BCUT2D eigenvalue weighted by atomic mass is 10.0. The molecule has 20 heavy (non-hydrogen) atoms. The Hall–Kier alpha value is -1.61. The first-order valence-electron chi connectivity index (χ1n) is 6.44. The third-order valence-electron chi connectivity index (χ3n) is 2.66. The van der Waals surface area contributed by atoms with Crippen LogP contribution in [0.3, 0.4) is 0 Å². The quantitative estimate of drug-likeness (QED) is 0.574. The van der Waals surface area contributed by atoms with Crippen molar-refractivity contribution in [3.63, 3.8) is 0 Å². The van der Waals surface area contributed by atoms with Crippen LogP contribution < -0.4 is 0 Å². The molecule has 0 radical (unpaired) electrons. The predicted octanol–water partition coefficient (Wildman–Crippen LogP) is 4.96. The first-order valence-corrected chi connectivity index (χ1v) is 7.24. The maximum Gasteiger partial charge on any atom is 0.331 e. The van der Waals surface area contributed by atoms with Gasteiger partial charge < -0.3 is 4.74 Å². The van der Waals surface area contributed by atoms with E-state index in [1.165, 1.54) is 6.08 Å². The fraction of sp³-hybridized carbons (Fsp3) is 0.235. The van der Waals surface area contributed by atoms with Crippen LogP contribution in [0.25, 0.3) is 16.8 Å². The molecular weight excluding hydrogens is 316 g/mol. The van der Waals surface area contributed by atoms with Gasteiger partial charge in [0.1, 0.15) is 5.60 Å². The fourth-order valence-corrected chi connectivity index (χ4v) is 2.43. The molecule has 2 rings (SSSR count). The lowest BCUT2D eigenvalue weighted by Crippen LogP contribution is -2.22. The minimum absolute atomic E-state index is 0.332. The highest BCUT2D eigenvalue weighted by molar-refractivity contribution is 9.10. The number of carbonyl (C=O) groups is 1. The standard InChI is InChI=1S/C17H17BrO2/c1-17(2,3)20-16(19)9-8-13-11-14(18)10-12-6-4-5-7-15(12)13/h4-11H,1-3H3. The average Bonchev–Trinajstić information content (AvgIpc) is 2.33. The van der Waals surface area contributed by atoms with E-state index in [1.54, 1.807) is 6.08 Å². The molecule has 2 aromatic rings. The van der Waals surface area contributed by atoms with Crippen molar-refractivity contribution in [1.29, 1.82) is 0 Å². The molecule has 0 unspecified atom stereocenters. The second-order valence-corrected chi connectivity index (χ2v) is 6.50. The lowest BCUT2D eigenvalue weighted by molar-refractivity contribution is -0.148. The SMILES string of the molecule is CC(C)(C)OC(=O)C=Cc1cc(Br)cc2ccccc12. The number of benzene rings is 2. The molecule has 0 bridgehead atoms. The van der Waals surface area contributed by atoms with Gasteiger partial charge in [0.2, 0.25) is 0 Å². The zero-order valence-electron chi connectivity index (χ0n) is 11.8. The van der Waals surface area contributed by atoms with E-state index in [4.69, 9.17) is 4.74 Å². The highest BCUT2D eigenvalue weighted by Gasteiger charge is 2.13. The van der Waals surface area contributed by atoms with Crippen LogP contribution in [-0.4, -0.2) is 11.6 Å². The summed E-state index contributed by atoms with van der Waals surface area (Å²) in [5, 5.41) is 2.24. The van der Waals surface area contributed by atoms with Crippen LogP contribution in [0.5, 0.6) is 0 Å². The summed E-state index contributed by atoms with van der Waals surface area (Å²) in [6, 6.07) is 12.1. The Labute approximate surface area is 127 Å². The number of carbonyl (C=O) groups excluding carboxylic acids is 1. The average molecular weight is 333 g/mol. The monoisotopic (exact) mass is 332 g/mol. The van der Waals surface area contributed by atoms with Crippen molar-refractivity contribution in [1.82, 2.24) is 0 Å². The van der Waals surface area contributed by atoms with Crippen molar-refractivity contribution in [3.05, 3.63) is 52.5 Å². The molecule has 0 aliphatic rings. The number of fused-ring (bicyclic) bond motifs is 1. The molecule has 0 fully saturated rings. The van der Waals surface area contributed by atoms with Gasteiger partial charge in [0, 0.05) is 10.5 Å². The van der Waals surface area contributed by atoms with E-state index in [0.717, 1.165) is 20.8 Å². The number of hydrogen-bond donors (Lipinski definition) is 0. The summed E-state index contributed by atoms with van der Waals surface area (Å²) in [6.45, 7) is 5.56. The molecule has 0 aliphatic heterocycles. The highest BCUT2D eigenvalue weighted by atomic mass is 79.9. The van der Waals surface area contributed by atoms with Crippen molar-refractivity contribution in [2.75, 3.05) is 0 Å². The van der Waals surface area contributed by atoms with E-state index >= 15 is 0 Å². The molecule has 0 spiro atoms. The van der Waals surface area contributed by atoms with E-state index in [-0.39, 0.29) is 5.97 Å². The van der Waals surface area contributed by atoms with Gasteiger partial charge in [-0.15, -0.1) is 0 Å². The zero-order chi connectivity index (χ0) is 14.8. The first kappa shape index (κ1) is 14.8. The van der Waals surface area contributed by atoms with Crippen molar-refractivity contribution < 1.29 is 9.53 Å². The summed E-state index contributed by atoms with van der Waals surface area (Å²) >= 11 is 3.49. The van der Waals surface area contributed by atoms with E-state index in [0.29, 0.717) is 0 Å². The van der Waals surface area contributed by atoms with E-state index < -0.39 is 5.60 Å². The van der Waals surface area contributed by atoms with Crippen molar-refractivity contribution in [3.8, 4) is 0 Å². The zero-order valence-corrected chi connectivity index (χ0v) is 13.4. The Balaban J connectivity index is 2.32. The lowest BCUT2D eigenvalue weighted by Gasteiger charge is -2.17. The van der Waals surface area contributed by atoms with E-state index in [9.17, 15) is 4.79 Å². The minimum Gasteiger partial charge on any atom is -0.457 e. The summed E-state index contributed by atoms with van der Waals surface area (Å²) in [4.78, 5) is 11.7. The molecule has 0 saturated carbocycles. The van der Waals surface area contributed by atoms with Crippen molar-refractivity contribution in [2.24, 2.45) is 0 Å². The molecule has 0 atom stereocenters. The number of ether oxygens (including phenoxy) is 1. The smallest absolute Gasteiger partial charge is 0.331 e. The molecule has 2 nitrogen and oxygen atoms in total. The molecule has 3 heteroatoms. The van der Waals surface area contributed by atoms with E-state index in [2.05, 4.69) is 22.0 Å². The molecule has 0 amide bonds. The number of rotatable bonds is 2. The third kappa shape index (κ3) is 3.94. The molecule has 104 valence electrons. The molecule has 0 aromatic heterocycles. The maximum atomic E-state index is 11.7. The van der Waals surface area contributed by atoms with Gasteiger partial charge in [-0.2, -0.15) is 0 Å². The van der Waals surface area contributed by atoms with Crippen LogP contribution in [0.2, 0.25) is 0 Å².